The van der Waals surface area contributed by atoms with Crippen molar-refractivity contribution in [2.24, 2.45) is 51.2 Å². The number of carbonyl (C=O) groups is 3. The summed E-state index contributed by atoms with van der Waals surface area (Å²) in [5.41, 5.74) is -5.71. The Kier molecular flexibility index (Phi) is 6.97. The fraction of sp³-hybridized carbons (Fsp3) is 0.738. The van der Waals surface area contributed by atoms with Crippen molar-refractivity contribution in [1.29, 1.82) is 0 Å². The Hall–Kier alpha value is -2.87. The number of esters is 2. The molecule has 54 heavy (non-hydrogen) atoms. The molecule has 2 bridgehead atoms. The summed E-state index contributed by atoms with van der Waals surface area (Å²) in [6, 6.07) is 2.31. The molecule has 12 nitrogen and oxygen atoms in total. The van der Waals surface area contributed by atoms with E-state index in [-0.39, 0.29) is 42.5 Å². The van der Waals surface area contributed by atoms with Gasteiger partial charge in [0, 0.05) is 42.1 Å². The minimum absolute atomic E-state index is 0.00148. The van der Waals surface area contributed by atoms with Crippen LogP contribution in [-0.2, 0) is 39.8 Å². The molecule has 12 rings (SSSR count). The number of rotatable bonds is 4. The molecule has 4 spiro atoms. The van der Waals surface area contributed by atoms with Crippen LogP contribution in [0.3, 0.4) is 0 Å². The number of hydrogen-bond donors (Lipinski definition) is 4. The van der Waals surface area contributed by atoms with Crippen molar-refractivity contribution in [2.75, 3.05) is 19.8 Å². The van der Waals surface area contributed by atoms with Gasteiger partial charge in [-0.25, -0.2) is 4.79 Å². The highest BCUT2D eigenvalue weighted by Gasteiger charge is 2.94. The number of carbonyl (C=O) groups excluding carboxylic acids is 3. The third-order valence-electron chi connectivity index (χ3n) is 17.2. The Bertz CT molecular complexity index is 1880. The van der Waals surface area contributed by atoms with Crippen molar-refractivity contribution < 1.29 is 48.0 Å². The summed E-state index contributed by atoms with van der Waals surface area (Å²) in [6.45, 7) is 7.66. The molecule has 8 fully saturated rings. The Morgan fingerprint density at radius 3 is 2.67 bits per heavy atom. The molecule has 3 saturated carbocycles. The number of nitrogens with one attached hydrogen (secondary N) is 2. The number of ketones is 1. The van der Waals surface area contributed by atoms with E-state index >= 15 is 4.79 Å². The summed E-state index contributed by atoms with van der Waals surface area (Å²) in [5.74, 6) is 0.173. The van der Waals surface area contributed by atoms with Gasteiger partial charge in [-0.2, -0.15) is 0 Å². The maximum Gasteiger partial charge on any atom is 0.339 e. The molecule has 12 heteroatoms. The maximum atomic E-state index is 15.1. The quantitative estimate of drug-likeness (QED) is 0.202. The van der Waals surface area contributed by atoms with Gasteiger partial charge >= 0.3 is 11.9 Å². The van der Waals surface area contributed by atoms with E-state index in [2.05, 4.69) is 29.7 Å². The van der Waals surface area contributed by atoms with Crippen LogP contribution in [0.2, 0.25) is 0 Å². The first-order valence-electron chi connectivity index (χ1n) is 20.3. The molecule has 0 aromatic carbocycles. The molecule has 1 aromatic rings. The van der Waals surface area contributed by atoms with Gasteiger partial charge in [0.15, 0.2) is 11.9 Å². The lowest BCUT2D eigenvalue weighted by Crippen LogP contribution is -2.79. The van der Waals surface area contributed by atoms with Gasteiger partial charge in [0.1, 0.15) is 30.2 Å². The van der Waals surface area contributed by atoms with Crippen molar-refractivity contribution in [3.8, 4) is 0 Å². The van der Waals surface area contributed by atoms with Crippen molar-refractivity contribution in [2.45, 2.75) is 120 Å². The average molecular weight is 745 g/mol. The predicted molar refractivity (Wildman–Crippen MR) is 189 cm³/mol. The van der Waals surface area contributed by atoms with Crippen LogP contribution in [0.4, 0.5) is 0 Å². The fourth-order valence-electron chi connectivity index (χ4n) is 15.1. The number of cyclic esters (lactones) is 2. The van der Waals surface area contributed by atoms with Crippen LogP contribution in [0.1, 0.15) is 83.1 Å². The van der Waals surface area contributed by atoms with Gasteiger partial charge in [0.2, 0.25) is 0 Å². The Morgan fingerprint density at radius 2 is 1.85 bits per heavy atom. The zero-order valence-corrected chi connectivity index (χ0v) is 31.3. The number of furan rings is 1. The summed E-state index contributed by atoms with van der Waals surface area (Å²) in [5, 5.41) is 31.1. The van der Waals surface area contributed by atoms with E-state index in [0.717, 1.165) is 38.0 Å². The van der Waals surface area contributed by atoms with Crippen molar-refractivity contribution >= 4 is 17.7 Å². The third kappa shape index (κ3) is 3.75. The summed E-state index contributed by atoms with van der Waals surface area (Å²) in [6.07, 6.45) is 10.8. The Labute approximate surface area is 314 Å². The molecule has 4 N–H and O–H groups in total. The van der Waals surface area contributed by atoms with Crippen LogP contribution >= 0.6 is 0 Å². The van der Waals surface area contributed by atoms with E-state index < -0.39 is 69.4 Å². The van der Waals surface area contributed by atoms with Gasteiger partial charge in [-0.05, 0) is 88.0 Å². The van der Waals surface area contributed by atoms with Crippen molar-refractivity contribution in [3.05, 3.63) is 48.0 Å². The minimum atomic E-state index is -1.45. The molecule has 0 radical (unpaired) electrons. The van der Waals surface area contributed by atoms with Gasteiger partial charge in [0.05, 0.1) is 41.3 Å². The van der Waals surface area contributed by atoms with Crippen LogP contribution in [-0.4, -0.2) is 89.4 Å². The number of aliphatic hydroxyl groups is 2. The van der Waals surface area contributed by atoms with E-state index in [1.807, 2.05) is 32.1 Å². The van der Waals surface area contributed by atoms with Crippen molar-refractivity contribution in [3.63, 3.8) is 0 Å². The van der Waals surface area contributed by atoms with Crippen LogP contribution in [0.25, 0.3) is 0 Å². The van der Waals surface area contributed by atoms with Gasteiger partial charge in [-0.1, -0.05) is 31.2 Å². The summed E-state index contributed by atoms with van der Waals surface area (Å²) >= 11 is 0. The molecular weight excluding hydrogens is 692 g/mol. The molecule has 16 atom stereocenters. The second kappa shape index (κ2) is 10.9. The molecule has 1 aromatic heterocycles. The summed E-state index contributed by atoms with van der Waals surface area (Å²) < 4.78 is 32.0. The topological polar surface area (TPSA) is 169 Å². The molecule has 16 unspecified atom stereocenters. The number of allylic oxidation sites excluding steroid dienone is 2. The van der Waals surface area contributed by atoms with E-state index in [4.69, 9.17) is 23.4 Å². The number of aliphatic hydroxyl groups excluding tert-OH is 2. The number of fused-ring (bicyclic) bond motifs is 3. The van der Waals surface area contributed by atoms with E-state index in [1.165, 1.54) is 0 Å². The number of Topliss-reactive ketones (excluding diaryl/α,β-unsaturated/α-hetero) is 1. The summed E-state index contributed by atoms with van der Waals surface area (Å²) in [4.78, 5) is 42.1. The smallest absolute Gasteiger partial charge is 0.339 e. The van der Waals surface area contributed by atoms with Crippen LogP contribution in [0.5, 0.6) is 0 Å². The molecule has 6 heterocycles. The lowest BCUT2D eigenvalue weighted by Gasteiger charge is -2.68. The van der Waals surface area contributed by atoms with Gasteiger partial charge in [0.25, 0.3) is 0 Å². The minimum Gasteiger partial charge on any atom is -0.469 e. The van der Waals surface area contributed by atoms with Crippen molar-refractivity contribution in [1.82, 2.24) is 10.6 Å². The zero-order chi connectivity index (χ0) is 37.2. The van der Waals surface area contributed by atoms with Crippen LogP contribution < -0.4 is 10.6 Å². The van der Waals surface area contributed by atoms with E-state index in [1.54, 1.807) is 6.26 Å². The standard InChI is InChI=1S/C42H52N2O10/c1-37(2)41-12-4-11-39(32(47)33(41)48)29(40(41)19-51-31(46)17-30(40)53-37)9-13-38(3)34(52-36(49)35-42(38,39)54-35)24-10-14-50-28(24)16-25-23-7-5-22(26-18-43-20-44-26)15-21(23)6-8-27(25)45/h4-5,7,10,12,14,21-23,25-27,29-30,32,34-35,43-45,47H,6,8-9,11,13,15-20H2,1-3H3. The third-order valence-corrected chi connectivity index (χ3v) is 17.2. The number of hydrogen-bond acceptors (Lipinski definition) is 12. The first-order valence-corrected chi connectivity index (χ1v) is 20.3. The number of ether oxygens (including phenoxy) is 4. The van der Waals surface area contributed by atoms with Crippen LogP contribution in [0, 0.1) is 51.2 Å². The summed E-state index contributed by atoms with van der Waals surface area (Å²) in [7, 11) is 0. The Balaban J connectivity index is 0.978. The van der Waals surface area contributed by atoms with Gasteiger partial charge < -0.3 is 38.9 Å². The highest BCUT2D eigenvalue weighted by atomic mass is 16.7. The highest BCUT2D eigenvalue weighted by molar-refractivity contribution is 5.97. The Morgan fingerprint density at radius 1 is 1.00 bits per heavy atom. The largest absolute Gasteiger partial charge is 0.469 e. The van der Waals surface area contributed by atoms with E-state index in [0.29, 0.717) is 49.3 Å². The lowest BCUT2D eigenvalue weighted by atomic mass is 9.33. The normalized spacial score (nSPS) is 53.3. The molecule has 0 amide bonds. The van der Waals surface area contributed by atoms with E-state index in [9.17, 15) is 19.8 Å². The maximum absolute atomic E-state index is 15.1. The molecule has 5 aliphatic heterocycles. The van der Waals surface area contributed by atoms with Gasteiger partial charge in [-0.3, -0.25) is 14.9 Å². The van der Waals surface area contributed by atoms with Gasteiger partial charge in [-0.15, -0.1) is 0 Å². The molecule has 290 valence electrons. The molecular formula is C42H52N2O10. The molecule has 6 aliphatic carbocycles. The average Bonchev–Trinajstić information content (AvgIpc) is 3.41. The first kappa shape index (κ1) is 34.4. The number of epoxide rings is 1. The molecule has 11 aliphatic rings. The fourth-order valence-corrected chi connectivity index (χ4v) is 15.1. The van der Waals surface area contributed by atoms with Crippen LogP contribution in [0.15, 0.2) is 41.1 Å². The second-order valence-electron chi connectivity index (χ2n) is 19.2. The zero-order valence-electron chi connectivity index (χ0n) is 31.3. The predicted octanol–water partition coefficient (Wildman–Crippen LogP) is 3.06. The lowest BCUT2D eigenvalue weighted by molar-refractivity contribution is -0.262. The second-order valence-corrected chi connectivity index (χ2v) is 19.2. The first-order chi connectivity index (χ1) is 25.9. The highest BCUT2D eigenvalue weighted by Crippen LogP contribution is 2.84. The SMILES string of the molecule is CC1(C)OC2CC(=O)OCC23C2CCC4(C)C(c5ccoc5CC5C(O)CCC6CC(C7CNCN7)C=CC65)OC(=O)C5OC54C24CC=CC13C(=O)C4O. The molecule has 5 saturated heterocycles. The monoisotopic (exact) mass is 744 g/mol.